The van der Waals surface area contributed by atoms with Crippen LogP contribution in [0.2, 0.25) is 0 Å². The topological polar surface area (TPSA) is 90.9 Å². The Balaban J connectivity index is 2.17. The molecular weight excluding hydrogens is 268 g/mol. The molecule has 0 amide bonds. The molecule has 0 spiro atoms. The Morgan fingerprint density at radius 2 is 2.29 bits per heavy atom. The van der Waals surface area contributed by atoms with Crippen LogP contribution in [0.25, 0.3) is 0 Å². The van der Waals surface area contributed by atoms with Gasteiger partial charge in [0.15, 0.2) is 5.82 Å². The molecule has 17 heavy (non-hydrogen) atoms. The minimum Gasteiger partial charge on any atom is -0.339 e. The molecule has 2 aromatic heterocycles. The first-order valence-corrected chi connectivity index (χ1v) is 7.08. The van der Waals surface area contributed by atoms with Gasteiger partial charge in [-0.15, -0.1) is 0 Å². The standard InChI is InChI=1S/C8H9ClN4O3S/c1-2-8-11-7(12-16-8)5-13-4-6(3-10-13)17(9,14)15/h3-4H,2,5H2,1H3. The number of nitrogens with zero attached hydrogens (tertiary/aromatic N) is 4. The third-order valence-electron chi connectivity index (χ3n) is 2.01. The molecule has 92 valence electrons. The van der Waals surface area contributed by atoms with Crippen LogP contribution < -0.4 is 0 Å². The molecule has 0 aliphatic carbocycles. The lowest BCUT2D eigenvalue weighted by atomic mass is 10.5. The summed E-state index contributed by atoms with van der Waals surface area (Å²) in [6, 6.07) is 0. The van der Waals surface area contributed by atoms with E-state index >= 15 is 0 Å². The van der Waals surface area contributed by atoms with Crippen molar-refractivity contribution in [1.82, 2.24) is 19.9 Å². The minimum atomic E-state index is -3.75. The lowest BCUT2D eigenvalue weighted by Gasteiger charge is -1.93. The zero-order valence-corrected chi connectivity index (χ0v) is 10.4. The summed E-state index contributed by atoms with van der Waals surface area (Å²) in [4.78, 5) is 4.02. The smallest absolute Gasteiger partial charge is 0.264 e. The quantitative estimate of drug-likeness (QED) is 0.767. The van der Waals surface area contributed by atoms with Crippen molar-refractivity contribution in [3.8, 4) is 0 Å². The van der Waals surface area contributed by atoms with Crippen LogP contribution in [0.3, 0.4) is 0 Å². The molecule has 0 fully saturated rings. The summed E-state index contributed by atoms with van der Waals surface area (Å²) < 4.78 is 28.3. The lowest BCUT2D eigenvalue weighted by Crippen LogP contribution is -2.02. The van der Waals surface area contributed by atoms with Crippen molar-refractivity contribution in [3.63, 3.8) is 0 Å². The average molecular weight is 277 g/mol. The van der Waals surface area contributed by atoms with E-state index in [1.165, 1.54) is 17.1 Å². The fourth-order valence-electron chi connectivity index (χ4n) is 1.20. The van der Waals surface area contributed by atoms with Crippen LogP contribution in [0.5, 0.6) is 0 Å². The Hall–Kier alpha value is -1.41. The van der Waals surface area contributed by atoms with Gasteiger partial charge in [0.05, 0.1) is 6.20 Å². The summed E-state index contributed by atoms with van der Waals surface area (Å²) in [6.45, 7) is 2.12. The van der Waals surface area contributed by atoms with E-state index in [1.807, 2.05) is 6.92 Å². The van der Waals surface area contributed by atoms with Gasteiger partial charge in [-0.2, -0.15) is 10.1 Å². The normalized spacial score (nSPS) is 11.9. The van der Waals surface area contributed by atoms with E-state index in [0.717, 1.165) is 0 Å². The van der Waals surface area contributed by atoms with Crippen molar-refractivity contribution in [2.24, 2.45) is 0 Å². The molecule has 2 rings (SSSR count). The van der Waals surface area contributed by atoms with Gasteiger partial charge in [-0.1, -0.05) is 12.1 Å². The predicted molar refractivity (Wildman–Crippen MR) is 58.0 cm³/mol. The monoisotopic (exact) mass is 276 g/mol. The molecule has 9 heteroatoms. The summed E-state index contributed by atoms with van der Waals surface area (Å²) in [5.74, 6) is 0.959. The maximum absolute atomic E-state index is 11.0. The minimum absolute atomic E-state index is 0.0571. The molecule has 0 aliphatic rings. The molecule has 0 aromatic carbocycles. The Kier molecular flexibility index (Phi) is 3.16. The Bertz CT molecular complexity index is 618. The molecule has 2 aromatic rings. The van der Waals surface area contributed by atoms with E-state index in [1.54, 1.807) is 0 Å². The van der Waals surface area contributed by atoms with Crippen LogP contribution in [-0.2, 0) is 22.0 Å². The summed E-state index contributed by atoms with van der Waals surface area (Å²) in [6.07, 6.45) is 3.13. The first-order chi connectivity index (χ1) is 7.99. The number of aromatic nitrogens is 4. The molecule has 0 N–H and O–H groups in total. The molecule has 0 bridgehead atoms. The zero-order valence-electron chi connectivity index (χ0n) is 8.87. The van der Waals surface area contributed by atoms with Crippen molar-refractivity contribution in [3.05, 3.63) is 24.1 Å². The molecule has 7 nitrogen and oxygen atoms in total. The van der Waals surface area contributed by atoms with Crippen molar-refractivity contribution in [2.75, 3.05) is 0 Å². The molecule has 0 aliphatic heterocycles. The highest BCUT2D eigenvalue weighted by Gasteiger charge is 2.13. The van der Waals surface area contributed by atoms with Gasteiger partial charge < -0.3 is 4.52 Å². The van der Waals surface area contributed by atoms with Crippen LogP contribution in [0.1, 0.15) is 18.6 Å². The van der Waals surface area contributed by atoms with E-state index in [2.05, 4.69) is 15.2 Å². The predicted octanol–water partition coefficient (Wildman–Crippen LogP) is 0.804. The first-order valence-electron chi connectivity index (χ1n) is 4.77. The van der Waals surface area contributed by atoms with Gasteiger partial charge >= 0.3 is 0 Å². The number of halogens is 1. The summed E-state index contributed by atoms with van der Waals surface area (Å²) >= 11 is 0. The first kappa shape index (κ1) is 12.1. The summed E-state index contributed by atoms with van der Waals surface area (Å²) in [5.41, 5.74) is 0. The molecule has 0 saturated heterocycles. The van der Waals surface area contributed by atoms with Crippen LogP contribution in [-0.4, -0.2) is 28.3 Å². The van der Waals surface area contributed by atoms with Gasteiger partial charge in [0.1, 0.15) is 11.4 Å². The zero-order chi connectivity index (χ0) is 12.5. The van der Waals surface area contributed by atoms with E-state index in [-0.39, 0.29) is 11.4 Å². The molecule has 0 unspecified atom stereocenters. The van der Waals surface area contributed by atoms with Crippen LogP contribution in [0, 0.1) is 0 Å². The Labute approximate surface area is 102 Å². The van der Waals surface area contributed by atoms with Gasteiger partial charge in [-0.3, -0.25) is 4.68 Å². The molecular formula is C8H9ClN4O3S. The van der Waals surface area contributed by atoms with Crippen LogP contribution >= 0.6 is 10.7 Å². The third-order valence-corrected chi connectivity index (χ3v) is 3.32. The largest absolute Gasteiger partial charge is 0.339 e. The number of rotatable bonds is 4. The highest BCUT2D eigenvalue weighted by molar-refractivity contribution is 8.13. The number of hydrogen-bond donors (Lipinski definition) is 0. The molecule has 2 heterocycles. The second-order valence-corrected chi connectivity index (χ2v) is 5.84. The lowest BCUT2D eigenvalue weighted by molar-refractivity contribution is 0.374. The van der Waals surface area contributed by atoms with Crippen LogP contribution in [0.15, 0.2) is 21.8 Å². The fraction of sp³-hybridized carbons (Fsp3) is 0.375. The van der Waals surface area contributed by atoms with Crippen molar-refractivity contribution >= 4 is 19.7 Å². The Morgan fingerprint density at radius 1 is 1.53 bits per heavy atom. The highest BCUT2D eigenvalue weighted by atomic mass is 35.7. The van der Waals surface area contributed by atoms with Crippen molar-refractivity contribution < 1.29 is 12.9 Å². The average Bonchev–Trinajstić information content (AvgIpc) is 2.86. The van der Waals surface area contributed by atoms with E-state index in [0.29, 0.717) is 18.1 Å². The summed E-state index contributed by atoms with van der Waals surface area (Å²) in [5, 5.41) is 7.57. The van der Waals surface area contributed by atoms with E-state index < -0.39 is 9.05 Å². The fourth-order valence-corrected chi connectivity index (χ4v) is 1.86. The Morgan fingerprint density at radius 3 is 2.82 bits per heavy atom. The second kappa shape index (κ2) is 4.46. The molecule has 0 saturated carbocycles. The maximum Gasteiger partial charge on any atom is 0.264 e. The van der Waals surface area contributed by atoms with Gasteiger partial charge in [-0.05, 0) is 0 Å². The van der Waals surface area contributed by atoms with Crippen LogP contribution in [0.4, 0.5) is 0 Å². The van der Waals surface area contributed by atoms with Gasteiger partial charge in [0.2, 0.25) is 5.89 Å². The number of hydrogen-bond acceptors (Lipinski definition) is 6. The van der Waals surface area contributed by atoms with E-state index in [4.69, 9.17) is 15.2 Å². The second-order valence-electron chi connectivity index (χ2n) is 3.27. The van der Waals surface area contributed by atoms with E-state index in [9.17, 15) is 8.42 Å². The van der Waals surface area contributed by atoms with Gasteiger partial charge in [0, 0.05) is 23.3 Å². The maximum atomic E-state index is 11.0. The molecule has 0 radical (unpaired) electrons. The molecule has 0 atom stereocenters. The SMILES string of the molecule is CCc1nc(Cn2cc(S(=O)(=O)Cl)cn2)no1. The van der Waals surface area contributed by atoms with Gasteiger partial charge in [0.25, 0.3) is 9.05 Å². The highest BCUT2D eigenvalue weighted by Crippen LogP contribution is 2.13. The third kappa shape index (κ3) is 2.83. The van der Waals surface area contributed by atoms with Crippen molar-refractivity contribution in [1.29, 1.82) is 0 Å². The van der Waals surface area contributed by atoms with Crippen molar-refractivity contribution in [2.45, 2.75) is 24.8 Å². The van der Waals surface area contributed by atoms with Gasteiger partial charge in [-0.25, -0.2) is 8.42 Å². The summed E-state index contributed by atoms with van der Waals surface area (Å²) in [7, 11) is 1.42. The number of aryl methyl sites for hydroxylation is 1.